The van der Waals surface area contributed by atoms with E-state index in [-0.39, 0.29) is 18.0 Å². The molecule has 0 aromatic carbocycles. The number of nitrogens with one attached hydrogen (secondary N) is 2. The van der Waals surface area contributed by atoms with Crippen molar-refractivity contribution in [3.63, 3.8) is 0 Å². The number of pyridine rings is 1. The Hall–Kier alpha value is -1.75. The van der Waals surface area contributed by atoms with Crippen LogP contribution in [0, 0.1) is 11.8 Å². The molecule has 0 aliphatic heterocycles. The minimum atomic E-state index is -0.233. The molecule has 0 spiro atoms. The van der Waals surface area contributed by atoms with Gasteiger partial charge in [0.15, 0.2) is 12.0 Å². The standard InChI is InChI=1S/C18H22N2O3.ClH/c21-17-10-16(23-20-17)13-6-7-18(19-11-13)22-15-8-14(9-15)12-4-2-1-3-5-12;/h6-7,10-12,14-15H,1-5,8-9H2,(H,20,21);1H. The van der Waals surface area contributed by atoms with Gasteiger partial charge < -0.3 is 21.7 Å². The summed E-state index contributed by atoms with van der Waals surface area (Å²) in [5.74, 6) is 3.11. The maximum absolute atomic E-state index is 11.1. The van der Waals surface area contributed by atoms with E-state index in [9.17, 15) is 4.79 Å². The molecule has 0 amide bonds. The highest BCUT2D eigenvalue weighted by atomic mass is 35.5. The molecule has 0 unspecified atom stereocenters. The molecule has 2 aromatic rings. The lowest BCUT2D eigenvalue weighted by Crippen LogP contribution is -3.00. The Balaban J connectivity index is 0.00000169. The minimum absolute atomic E-state index is 0. The van der Waals surface area contributed by atoms with Gasteiger partial charge in [-0.2, -0.15) is 10.1 Å². The summed E-state index contributed by atoms with van der Waals surface area (Å²) in [5, 5.41) is 2.29. The zero-order chi connectivity index (χ0) is 15.6. The van der Waals surface area contributed by atoms with Gasteiger partial charge in [0, 0.05) is 0 Å². The molecule has 4 rings (SSSR count). The quantitative estimate of drug-likeness (QED) is 0.856. The second kappa shape index (κ2) is 7.43. The van der Waals surface area contributed by atoms with Crippen LogP contribution < -0.4 is 27.7 Å². The molecule has 24 heavy (non-hydrogen) atoms. The van der Waals surface area contributed by atoms with E-state index in [1.54, 1.807) is 6.20 Å². The second-order valence-electron chi connectivity index (χ2n) is 6.89. The maximum Gasteiger partial charge on any atom is 0.366 e. The summed E-state index contributed by atoms with van der Waals surface area (Å²) in [5.41, 5.74) is 0.591. The van der Waals surface area contributed by atoms with Crippen LogP contribution in [0.1, 0.15) is 44.9 Å². The molecule has 0 radical (unpaired) electrons. The van der Waals surface area contributed by atoms with Crippen LogP contribution in [0.3, 0.4) is 0 Å². The number of hydrogen-bond donors (Lipinski definition) is 1. The highest BCUT2D eigenvalue weighted by molar-refractivity contribution is 5.54. The highest BCUT2D eigenvalue weighted by Gasteiger charge is 2.37. The third kappa shape index (κ3) is 3.66. The van der Waals surface area contributed by atoms with Crippen LogP contribution in [0.25, 0.3) is 11.3 Å². The molecule has 2 fully saturated rings. The van der Waals surface area contributed by atoms with Crippen LogP contribution in [0.5, 0.6) is 5.88 Å². The zero-order valence-corrected chi connectivity index (χ0v) is 14.3. The molecular formula is C18H23ClN2O3. The third-order valence-corrected chi connectivity index (χ3v) is 5.33. The van der Waals surface area contributed by atoms with Crippen LogP contribution in [-0.2, 0) is 0 Å². The molecule has 2 aliphatic carbocycles. The van der Waals surface area contributed by atoms with Gasteiger partial charge in [0.25, 0.3) is 5.56 Å². The molecule has 2 heterocycles. The summed E-state index contributed by atoms with van der Waals surface area (Å²) in [6.07, 6.45) is 11.6. The van der Waals surface area contributed by atoms with Gasteiger partial charge >= 0.3 is 5.88 Å². The Morgan fingerprint density at radius 1 is 1.12 bits per heavy atom. The largest absolute Gasteiger partial charge is 1.00 e. The van der Waals surface area contributed by atoms with Crippen LogP contribution >= 0.6 is 0 Å². The first-order valence-corrected chi connectivity index (χ1v) is 8.65. The molecular weight excluding hydrogens is 328 g/mol. The fourth-order valence-electron chi connectivity index (χ4n) is 3.94. The van der Waals surface area contributed by atoms with E-state index in [1.807, 2.05) is 12.1 Å². The molecule has 130 valence electrons. The van der Waals surface area contributed by atoms with Crippen LogP contribution in [0.2, 0.25) is 0 Å². The molecule has 0 saturated heterocycles. The predicted octanol–water partition coefficient (Wildman–Crippen LogP) is 0.191. The first-order valence-electron chi connectivity index (χ1n) is 8.65. The summed E-state index contributed by atoms with van der Waals surface area (Å²) in [4.78, 5) is 14.2. The number of ether oxygens (including phenoxy) is 1. The van der Waals surface area contributed by atoms with Crippen molar-refractivity contribution in [1.29, 1.82) is 0 Å². The zero-order valence-electron chi connectivity index (χ0n) is 13.6. The van der Waals surface area contributed by atoms with E-state index in [1.165, 1.54) is 51.0 Å². The van der Waals surface area contributed by atoms with E-state index in [0.29, 0.717) is 11.9 Å². The third-order valence-electron chi connectivity index (χ3n) is 5.33. The van der Waals surface area contributed by atoms with Crippen LogP contribution in [-0.4, -0.2) is 11.3 Å². The summed E-state index contributed by atoms with van der Waals surface area (Å²) in [7, 11) is 0. The Bertz CT molecular complexity index is 698. The van der Waals surface area contributed by atoms with Gasteiger partial charge in [-0.1, -0.05) is 32.1 Å². The minimum Gasteiger partial charge on any atom is -1.00 e. The summed E-state index contributed by atoms with van der Waals surface area (Å²) in [6, 6.07) is 5.23. The summed E-state index contributed by atoms with van der Waals surface area (Å²) >= 11 is 0. The lowest BCUT2D eigenvalue weighted by atomic mass is 9.68. The first-order chi connectivity index (χ1) is 11.3. The molecule has 2 aromatic heterocycles. The number of H-pyrrole nitrogens is 2. The summed E-state index contributed by atoms with van der Waals surface area (Å²) in [6.45, 7) is 0. The Morgan fingerprint density at radius 2 is 1.92 bits per heavy atom. The fraction of sp³-hybridized carbons (Fsp3) is 0.556. The topological polar surface area (TPSA) is 69.4 Å². The molecule has 0 atom stereocenters. The van der Waals surface area contributed by atoms with E-state index >= 15 is 0 Å². The smallest absolute Gasteiger partial charge is 0.366 e. The molecule has 2 N–H and O–H groups in total. The number of rotatable bonds is 4. The number of aromatic nitrogens is 2. The van der Waals surface area contributed by atoms with Crippen LogP contribution in [0.4, 0.5) is 0 Å². The van der Waals surface area contributed by atoms with Crippen molar-refractivity contribution < 1.29 is 26.7 Å². The lowest BCUT2D eigenvalue weighted by Gasteiger charge is -2.40. The monoisotopic (exact) mass is 350 g/mol. The number of halogens is 1. The SMILES string of the molecule is O=c1cc(-c2ccc(OC3CC(C4CCCCC4)C3)[nH+]c2)o[nH]1.[Cl-]. The maximum atomic E-state index is 11.1. The van der Waals surface area contributed by atoms with Crippen LogP contribution in [0.15, 0.2) is 33.7 Å². The second-order valence-corrected chi connectivity index (χ2v) is 6.89. The highest BCUT2D eigenvalue weighted by Crippen LogP contribution is 2.42. The van der Waals surface area contributed by atoms with Gasteiger partial charge in [0.2, 0.25) is 0 Å². The van der Waals surface area contributed by atoms with Crippen molar-refractivity contribution >= 4 is 0 Å². The number of aromatic amines is 2. The van der Waals surface area contributed by atoms with Gasteiger partial charge in [0.1, 0.15) is 6.10 Å². The van der Waals surface area contributed by atoms with E-state index in [4.69, 9.17) is 9.26 Å². The molecule has 6 heteroatoms. The van der Waals surface area contributed by atoms with Crippen molar-refractivity contribution in [2.24, 2.45) is 11.8 Å². The van der Waals surface area contributed by atoms with Gasteiger partial charge in [-0.05, 0) is 30.7 Å². The van der Waals surface area contributed by atoms with Gasteiger partial charge in [-0.3, -0.25) is 4.79 Å². The predicted molar refractivity (Wildman–Crippen MR) is 85.0 cm³/mol. The van der Waals surface area contributed by atoms with Gasteiger partial charge in [0.05, 0.1) is 17.7 Å². The summed E-state index contributed by atoms with van der Waals surface area (Å²) < 4.78 is 11.1. The van der Waals surface area contributed by atoms with Crippen molar-refractivity contribution in [2.75, 3.05) is 0 Å². The lowest BCUT2D eigenvalue weighted by molar-refractivity contribution is -0.397. The van der Waals surface area contributed by atoms with Crippen molar-refractivity contribution in [1.82, 2.24) is 5.16 Å². The molecule has 5 nitrogen and oxygen atoms in total. The fourth-order valence-corrected chi connectivity index (χ4v) is 3.94. The Labute approximate surface area is 147 Å². The normalized spacial score (nSPS) is 24.0. The average molecular weight is 351 g/mol. The van der Waals surface area contributed by atoms with Crippen molar-refractivity contribution in [3.8, 4) is 17.2 Å². The molecule has 0 bridgehead atoms. The number of hydrogen-bond acceptors (Lipinski definition) is 3. The molecule has 2 aliphatic rings. The van der Waals surface area contributed by atoms with E-state index in [2.05, 4.69) is 10.1 Å². The molecule has 2 saturated carbocycles. The van der Waals surface area contributed by atoms with E-state index in [0.717, 1.165) is 23.3 Å². The average Bonchev–Trinajstić information content (AvgIpc) is 2.98. The van der Waals surface area contributed by atoms with E-state index < -0.39 is 0 Å². The van der Waals surface area contributed by atoms with Crippen molar-refractivity contribution in [3.05, 3.63) is 34.7 Å². The van der Waals surface area contributed by atoms with Gasteiger partial charge in [-0.15, -0.1) is 0 Å². The van der Waals surface area contributed by atoms with Gasteiger partial charge in [-0.25, -0.2) is 0 Å². The Kier molecular flexibility index (Phi) is 5.29. The first kappa shape index (κ1) is 17.1. The van der Waals surface area contributed by atoms with Crippen molar-refractivity contribution in [2.45, 2.75) is 51.0 Å². The Morgan fingerprint density at radius 3 is 2.54 bits per heavy atom.